The first-order valence-electron chi connectivity index (χ1n) is 6.18. The van der Waals surface area contributed by atoms with Gasteiger partial charge in [-0.05, 0) is 48.9 Å². The van der Waals surface area contributed by atoms with E-state index in [-0.39, 0.29) is 6.10 Å². The second-order valence-electron chi connectivity index (χ2n) is 4.42. The van der Waals surface area contributed by atoms with Crippen LogP contribution in [0.3, 0.4) is 0 Å². The summed E-state index contributed by atoms with van der Waals surface area (Å²) in [4.78, 5) is 0. The molecule has 2 nitrogen and oxygen atoms in total. The topological polar surface area (TPSA) is 29.5 Å². The number of aliphatic hydroxyl groups is 1. The van der Waals surface area contributed by atoms with Crippen LogP contribution in [0, 0.1) is 12.3 Å². The molecule has 2 heteroatoms. The lowest BCUT2D eigenvalue weighted by Gasteiger charge is -2.21. The van der Waals surface area contributed by atoms with Crippen molar-refractivity contribution >= 4 is 0 Å². The van der Waals surface area contributed by atoms with Crippen LogP contribution in [-0.4, -0.2) is 11.7 Å². The van der Waals surface area contributed by atoms with Crippen LogP contribution >= 0.6 is 0 Å². The molecule has 0 fully saturated rings. The van der Waals surface area contributed by atoms with Crippen molar-refractivity contribution in [3.8, 4) is 18.1 Å². The number of unbranched alkanes of at least 4 members (excludes halogenated alkanes) is 1. The van der Waals surface area contributed by atoms with Crippen LogP contribution in [0.25, 0.3) is 0 Å². The minimum absolute atomic E-state index is 0.326. The maximum absolute atomic E-state index is 9.91. The molecular weight excluding hydrogens is 212 g/mol. The average Bonchev–Trinajstić information content (AvgIpc) is 2.36. The van der Waals surface area contributed by atoms with Crippen LogP contribution in [0.2, 0.25) is 0 Å². The van der Waals surface area contributed by atoms with E-state index in [4.69, 9.17) is 11.2 Å². The van der Waals surface area contributed by atoms with Crippen LogP contribution in [0.4, 0.5) is 0 Å². The Morgan fingerprint density at radius 1 is 1.47 bits per heavy atom. The number of hydrogen-bond acceptors (Lipinski definition) is 2. The summed E-state index contributed by atoms with van der Waals surface area (Å²) >= 11 is 0. The number of terminal acetylenes is 1. The number of fused-ring (bicyclic) bond motifs is 1. The summed E-state index contributed by atoms with van der Waals surface area (Å²) in [5, 5.41) is 9.91. The Labute approximate surface area is 103 Å². The van der Waals surface area contributed by atoms with Gasteiger partial charge in [-0.3, -0.25) is 0 Å². The largest absolute Gasteiger partial charge is 0.494 e. The van der Waals surface area contributed by atoms with Gasteiger partial charge in [0.2, 0.25) is 0 Å². The fourth-order valence-corrected chi connectivity index (χ4v) is 2.21. The summed E-state index contributed by atoms with van der Waals surface area (Å²) in [6, 6.07) is 6.01. The smallest absolute Gasteiger partial charge is 0.119 e. The highest BCUT2D eigenvalue weighted by molar-refractivity contribution is 5.38. The van der Waals surface area contributed by atoms with Crippen LogP contribution in [0.5, 0.6) is 5.75 Å². The Hall–Kier alpha value is -1.46. The molecule has 1 aliphatic carbocycles. The zero-order valence-electron chi connectivity index (χ0n) is 9.98. The van der Waals surface area contributed by atoms with Crippen LogP contribution in [0.15, 0.2) is 18.2 Å². The molecule has 1 N–H and O–H groups in total. The third-order valence-electron chi connectivity index (χ3n) is 3.13. The van der Waals surface area contributed by atoms with Gasteiger partial charge >= 0.3 is 0 Å². The first-order valence-corrected chi connectivity index (χ1v) is 6.18. The van der Waals surface area contributed by atoms with Crippen LogP contribution < -0.4 is 4.74 Å². The number of ether oxygens (including phenoxy) is 1. The molecule has 0 aromatic heterocycles. The van der Waals surface area contributed by atoms with Crippen molar-refractivity contribution in [2.45, 2.75) is 38.2 Å². The van der Waals surface area contributed by atoms with Crippen LogP contribution in [0.1, 0.15) is 42.9 Å². The predicted octanol–water partition coefficient (Wildman–Crippen LogP) is 2.85. The molecule has 0 spiro atoms. The minimum Gasteiger partial charge on any atom is -0.494 e. The van der Waals surface area contributed by atoms with Gasteiger partial charge in [-0.1, -0.05) is 6.07 Å². The monoisotopic (exact) mass is 230 g/mol. The number of aryl methyl sites for hydroxylation is 1. The van der Waals surface area contributed by atoms with Gasteiger partial charge in [0.1, 0.15) is 5.75 Å². The van der Waals surface area contributed by atoms with Gasteiger partial charge in [0.05, 0.1) is 12.7 Å². The van der Waals surface area contributed by atoms with Crippen molar-refractivity contribution in [2.75, 3.05) is 6.61 Å². The maximum atomic E-state index is 9.91. The van der Waals surface area contributed by atoms with Crippen molar-refractivity contribution in [3.05, 3.63) is 29.3 Å². The van der Waals surface area contributed by atoms with E-state index < -0.39 is 0 Å². The molecule has 17 heavy (non-hydrogen) atoms. The Bertz CT molecular complexity index is 417. The molecule has 2 rings (SSSR count). The van der Waals surface area contributed by atoms with Gasteiger partial charge in [-0.25, -0.2) is 0 Å². The number of hydrogen-bond donors (Lipinski definition) is 1. The minimum atomic E-state index is -0.326. The molecule has 1 atom stereocenters. The highest BCUT2D eigenvalue weighted by Crippen LogP contribution is 2.32. The second-order valence-corrected chi connectivity index (χ2v) is 4.42. The highest BCUT2D eigenvalue weighted by atomic mass is 16.5. The number of aliphatic hydroxyl groups excluding tert-OH is 1. The van der Waals surface area contributed by atoms with E-state index in [0.717, 1.165) is 43.4 Å². The lowest BCUT2D eigenvalue weighted by molar-refractivity contribution is 0.156. The molecule has 0 saturated heterocycles. The Kier molecular flexibility index (Phi) is 4.06. The van der Waals surface area contributed by atoms with E-state index >= 15 is 0 Å². The van der Waals surface area contributed by atoms with Crippen LogP contribution in [-0.2, 0) is 6.42 Å². The summed E-state index contributed by atoms with van der Waals surface area (Å²) < 4.78 is 5.62. The summed E-state index contributed by atoms with van der Waals surface area (Å²) in [6.07, 6.45) is 9.45. The van der Waals surface area contributed by atoms with E-state index in [9.17, 15) is 5.11 Å². The van der Waals surface area contributed by atoms with E-state index in [2.05, 4.69) is 12.0 Å². The van der Waals surface area contributed by atoms with Crippen molar-refractivity contribution in [1.29, 1.82) is 0 Å². The number of rotatable bonds is 4. The zero-order chi connectivity index (χ0) is 12.1. The summed E-state index contributed by atoms with van der Waals surface area (Å²) in [7, 11) is 0. The summed E-state index contributed by atoms with van der Waals surface area (Å²) in [6.45, 7) is 0.638. The van der Waals surface area contributed by atoms with Crippen molar-refractivity contribution in [2.24, 2.45) is 0 Å². The van der Waals surface area contributed by atoms with Gasteiger partial charge in [0, 0.05) is 6.42 Å². The van der Waals surface area contributed by atoms with Crippen molar-refractivity contribution in [1.82, 2.24) is 0 Å². The normalized spacial score (nSPS) is 18.2. The fourth-order valence-electron chi connectivity index (χ4n) is 2.21. The van der Waals surface area contributed by atoms with Crippen molar-refractivity contribution < 1.29 is 9.84 Å². The third kappa shape index (κ3) is 3.01. The summed E-state index contributed by atoms with van der Waals surface area (Å²) in [5.41, 5.74) is 2.28. The second kappa shape index (κ2) is 5.75. The molecule has 0 bridgehead atoms. The molecular formula is C15H18O2. The van der Waals surface area contributed by atoms with E-state index in [1.54, 1.807) is 0 Å². The van der Waals surface area contributed by atoms with Gasteiger partial charge < -0.3 is 9.84 Å². The Morgan fingerprint density at radius 3 is 3.18 bits per heavy atom. The Balaban J connectivity index is 2.00. The molecule has 1 aromatic rings. The fraction of sp³-hybridized carbons (Fsp3) is 0.467. The first-order chi connectivity index (χ1) is 8.31. The molecule has 0 heterocycles. The average molecular weight is 230 g/mol. The third-order valence-corrected chi connectivity index (χ3v) is 3.13. The number of benzene rings is 1. The molecule has 0 radical (unpaired) electrons. The molecule has 0 amide bonds. The molecule has 1 unspecified atom stereocenters. The lowest BCUT2D eigenvalue weighted by Crippen LogP contribution is -2.09. The lowest BCUT2D eigenvalue weighted by atomic mass is 9.89. The molecule has 90 valence electrons. The zero-order valence-corrected chi connectivity index (χ0v) is 9.98. The molecule has 1 aliphatic rings. The van der Waals surface area contributed by atoms with E-state index in [0.29, 0.717) is 6.61 Å². The van der Waals surface area contributed by atoms with E-state index in [1.165, 1.54) is 5.56 Å². The van der Waals surface area contributed by atoms with Gasteiger partial charge in [-0.15, -0.1) is 12.3 Å². The van der Waals surface area contributed by atoms with E-state index in [1.807, 2.05) is 12.1 Å². The summed E-state index contributed by atoms with van der Waals surface area (Å²) in [5.74, 6) is 3.43. The molecule has 0 saturated carbocycles. The van der Waals surface area contributed by atoms with Gasteiger partial charge in [-0.2, -0.15) is 0 Å². The maximum Gasteiger partial charge on any atom is 0.119 e. The highest BCUT2D eigenvalue weighted by Gasteiger charge is 2.18. The van der Waals surface area contributed by atoms with Crippen molar-refractivity contribution in [3.63, 3.8) is 0 Å². The Morgan fingerprint density at radius 2 is 2.35 bits per heavy atom. The van der Waals surface area contributed by atoms with Gasteiger partial charge in [0.25, 0.3) is 0 Å². The predicted molar refractivity (Wildman–Crippen MR) is 67.9 cm³/mol. The first kappa shape index (κ1) is 12.0. The standard InChI is InChI=1S/C15H18O2/c1-2-3-4-10-17-13-9-8-12-6-5-7-15(16)14(12)11-13/h1,8-9,11,15-16H,3-7,10H2. The SMILES string of the molecule is C#CCCCOc1ccc2c(c1)C(O)CCC2. The van der Waals surface area contributed by atoms with Gasteiger partial charge in [0.15, 0.2) is 0 Å². The quantitative estimate of drug-likeness (QED) is 0.636. The molecule has 1 aromatic carbocycles. The molecule has 0 aliphatic heterocycles.